The van der Waals surface area contributed by atoms with Gasteiger partial charge in [-0.15, -0.1) is 11.8 Å². The molecule has 1 aromatic heterocycles. The number of sulfonamides is 1. The molecule has 0 saturated heterocycles. The predicted molar refractivity (Wildman–Crippen MR) is 90.8 cm³/mol. The van der Waals surface area contributed by atoms with E-state index in [1.54, 1.807) is 54.4 Å². The molecule has 1 heterocycles. The molecule has 0 unspecified atom stereocenters. The quantitative estimate of drug-likeness (QED) is 0.740. The number of benzene rings is 2. The summed E-state index contributed by atoms with van der Waals surface area (Å²) in [4.78, 5) is 5.51. The van der Waals surface area contributed by atoms with E-state index in [-0.39, 0.29) is 4.90 Å². The van der Waals surface area contributed by atoms with E-state index in [0.29, 0.717) is 11.2 Å². The number of nitrogens with one attached hydrogen (secondary N) is 1. The van der Waals surface area contributed by atoms with Gasteiger partial charge in [-0.3, -0.25) is 9.71 Å². The molecular formula is C16H14N2O2S2. The standard InChI is InChI=1S/C16H14N2O2S2/c1-21-13-7-9-14(10-8-13)22(19,20)18-15-6-2-4-12-5-3-11-17-16(12)15/h2-11,18H,1H3. The Balaban J connectivity index is 1.99. The first kappa shape index (κ1) is 14.9. The minimum absolute atomic E-state index is 0.234. The maximum Gasteiger partial charge on any atom is 0.261 e. The normalized spacial score (nSPS) is 11.5. The molecule has 0 radical (unpaired) electrons. The van der Waals surface area contributed by atoms with E-state index in [9.17, 15) is 8.42 Å². The van der Waals surface area contributed by atoms with Crippen molar-refractivity contribution in [2.75, 3.05) is 11.0 Å². The van der Waals surface area contributed by atoms with E-state index in [2.05, 4.69) is 9.71 Å². The Hall–Kier alpha value is -2.05. The van der Waals surface area contributed by atoms with Gasteiger partial charge in [0.25, 0.3) is 10.0 Å². The first-order valence-electron chi connectivity index (χ1n) is 6.61. The van der Waals surface area contributed by atoms with Crippen LogP contribution in [0.3, 0.4) is 0 Å². The van der Waals surface area contributed by atoms with Crippen molar-refractivity contribution in [1.29, 1.82) is 0 Å². The van der Waals surface area contributed by atoms with Crippen LogP contribution in [0.25, 0.3) is 10.9 Å². The number of rotatable bonds is 4. The molecule has 0 atom stereocenters. The fourth-order valence-corrected chi connectivity index (χ4v) is 3.62. The second kappa shape index (κ2) is 5.98. The van der Waals surface area contributed by atoms with Crippen molar-refractivity contribution in [3.63, 3.8) is 0 Å². The molecule has 0 spiro atoms. The van der Waals surface area contributed by atoms with Gasteiger partial charge in [0.1, 0.15) is 0 Å². The van der Waals surface area contributed by atoms with Gasteiger partial charge in [0.2, 0.25) is 0 Å². The van der Waals surface area contributed by atoms with E-state index < -0.39 is 10.0 Å². The summed E-state index contributed by atoms with van der Waals surface area (Å²) < 4.78 is 27.6. The third-order valence-corrected chi connectivity index (χ3v) is 5.37. The number of thioether (sulfide) groups is 1. The summed E-state index contributed by atoms with van der Waals surface area (Å²) in [5.74, 6) is 0. The molecule has 0 bridgehead atoms. The van der Waals surface area contributed by atoms with Crippen molar-refractivity contribution in [2.45, 2.75) is 9.79 Å². The van der Waals surface area contributed by atoms with Crippen molar-refractivity contribution in [3.05, 3.63) is 60.8 Å². The lowest BCUT2D eigenvalue weighted by Gasteiger charge is -2.10. The molecule has 6 heteroatoms. The molecule has 3 aromatic rings. The molecule has 2 aromatic carbocycles. The highest BCUT2D eigenvalue weighted by Gasteiger charge is 2.15. The van der Waals surface area contributed by atoms with Crippen LogP contribution in [0.1, 0.15) is 0 Å². The molecule has 3 rings (SSSR count). The fraction of sp³-hybridized carbons (Fsp3) is 0.0625. The molecule has 0 saturated carbocycles. The van der Waals surface area contributed by atoms with Crippen LogP contribution in [0.2, 0.25) is 0 Å². The number of para-hydroxylation sites is 1. The second-order valence-corrected chi connectivity index (χ2v) is 7.22. The van der Waals surface area contributed by atoms with Crippen LogP contribution in [0.15, 0.2) is 70.6 Å². The van der Waals surface area contributed by atoms with Gasteiger partial charge in [0.05, 0.1) is 16.1 Å². The number of aromatic nitrogens is 1. The van der Waals surface area contributed by atoms with Crippen molar-refractivity contribution in [3.8, 4) is 0 Å². The van der Waals surface area contributed by atoms with Gasteiger partial charge in [-0.2, -0.15) is 0 Å². The summed E-state index contributed by atoms with van der Waals surface area (Å²) in [6.45, 7) is 0. The van der Waals surface area contributed by atoms with Crippen molar-refractivity contribution in [1.82, 2.24) is 4.98 Å². The summed E-state index contributed by atoms with van der Waals surface area (Å²) in [5, 5.41) is 0.889. The smallest absolute Gasteiger partial charge is 0.261 e. The molecule has 0 aliphatic heterocycles. The summed E-state index contributed by atoms with van der Waals surface area (Å²) in [6, 6.07) is 15.9. The number of nitrogens with zero attached hydrogens (tertiary/aromatic N) is 1. The lowest BCUT2D eigenvalue weighted by molar-refractivity contribution is 0.601. The van der Waals surface area contributed by atoms with Crippen LogP contribution in [0.4, 0.5) is 5.69 Å². The minimum Gasteiger partial charge on any atom is -0.277 e. The van der Waals surface area contributed by atoms with Crippen LogP contribution in [-0.2, 0) is 10.0 Å². The van der Waals surface area contributed by atoms with Gasteiger partial charge < -0.3 is 0 Å². The molecule has 112 valence electrons. The Morgan fingerprint density at radius 2 is 1.73 bits per heavy atom. The Kier molecular flexibility index (Phi) is 4.04. The third-order valence-electron chi connectivity index (χ3n) is 3.25. The van der Waals surface area contributed by atoms with Gasteiger partial charge in [0, 0.05) is 16.5 Å². The van der Waals surface area contributed by atoms with Gasteiger partial charge >= 0.3 is 0 Å². The number of fused-ring (bicyclic) bond motifs is 1. The van der Waals surface area contributed by atoms with Crippen molar-refractivity contribution < 1.29 is 8.42 Å². The summed E-state index contributed by atoms with van der Waals surface area (Å²) in [7, 11) is -3.63. The lowest BCUT2D eigenvalue weighted by atomic mass is 10.2. The van der Waals surface area contributed by atoms with Crippen LogP contribution in [-0.4, -0.2) is 19.7 Å². The van der Waals surface area contributed by atoms with Gasteiger partial charge in [-0.25, -0.2) is 8.42 Å². The predicted octanol–water partition coefficient (Wildman–Crippen LogP) is 3.76. The van der Waals surface area contributed by atoms with Gasteiger partial charge in [0.15, 0.2) is 0 Å². The monoisotopic (exact) mass is 330 g/mol. The minimum atomic E-state index is -3.63. The first-order valence-corrected chi connectivity index (χ1v) is 9.31. The molecule has 0 amide bonds. The topological polar surface area (TPSA) is 59.1 Å². The zero-order valence-electron chi connectivity index (χ0n) is 11.9. The lowest BCUT2D eigenvalue weighted by Crippen LogP contribution is -2.13. The number of anilines is 1. The molecule has 1 N–H and O–H groups in total. The third kappa shape index (κ3) is 2.93. The van der Waals surface area contributed by atoms with Gasteiger partial charge in [-0.05, 0) is 42.7 Å². The summed E-state index contributed by atoms with van der Waals surface area (Å²) >= 11 is 1.57. The van der Waals surface area contributed by atoms with Crippen LogP contribution >= 0.6 is 11.8 Å². The maximum atomic E-state index is 12.5. The van der Waals surface area contributed by atoms with E-state index in [4.69, 9.17) is 0 Å². The number of hydrogen-bond donors (Lipinski definition) is 1. The van der Waals surface area contributed by atoms with Crippen molar-refractivity contribution in [2.24, 2.45) is 0 Å². The zero-order valence-corrected chi connectivity index (χ0v) is 13.5. The molecule has 4 nitrogen and oxygen atoms in total. The summed E-state index contributed by atoms with van der Waals surface area (Å²) in [5.41, 5.74) is 1.11. The SMILES string of the molecule is CSc1ccc(S(=O)(=O)Nc2cccc3cccnc23)cc1. The molecule has 0 aliphatic rings. The Morgan fingerprint density at radius 3 is 2.45 bits per heavy atom. The Labute approximate surface area is 133 Å². The molecular weight excluding hydrogens is 316 g/mol. The van der Waals surface area contributed by atoms with E-state index in [1.165, 1.54) is 0 Å². The Morgan fingerprint density at radius 1 is 1.00 bits per heavy atom. The van der Waals surface area contributed by atoms with E-state index in [1.807, 2.05) is 24.5 Å². The zero-order chi connectivity index (χ0) is 15.6. The maximum absolute atomic E-state index is 12.5. The van der Waals surface area contributed by atoms with Crippen LogP contribution in [0.5, 0.6) is 0 Å². The fourth-order valence-electron chi connectivity index (χ4n) is 2.15. The highest BCUT2D eigenvalue weighted by atomic mass is 32.2. The number of hydrogen-bond acceptors (Lipinski definition) is 4. The molecule has 22 heavy (non-hydrogen) atoms. The number of pyridine rings is 1. The van der Waals surface area contributed by atoms with Crippen LogP contribution < -0.4 is 4.72 Å². The molecule has 0 aliphatic carbocycles. The average Bonchev–Trinajstić information content (AvgIpc) is 2.55. The highest BCUT2D eigenvalue weighted by Crippen LogP contribution is 2.24. The first-order chi connectivity index (χ1) is 10.6. The van der Waals surface area contributed by atoms with Crippen LogP contribution in [0, 0.1) is 0 Å². The van der Waals surface area contributed by atoms with E-state index >= 15 is 0 Å². The average molecular weight is 330 g/mol. The largest absolute Gasteiger partial charge is 0.277 e. The highest BCUT2D eigenvalue weighted by molar-refractivity contribution is 7.98. The molecule has 0 fully saturated rings. The van der Waals surface area contributed by atoms with Crippen molar-refractivity contribution >= 4 is 38.4 Å². The summed E-state index contributed by atoms with van der Waals surface area (Å²) in [6.07, 6.45) is 3.59. The van der Waals surface area contributed by atoms with E-state index in [0.717, 1.165) is 10.3 Å². The second-order valence-electron chi connectivity index (χ2n) is 4.66. The van der Waals surface area contributed by atoms with Gasteiger partial charge in [-0.1, -0.05) is 18.2 Å². The Bertz CT molecular complexity index is 902.